The summed E-state index contributed by atoms with van der Waals surface area (Å²) in [6, 6.07) is 31.0. The van der Waals surface area contributed by atoms with E-state index in [1.165, 1.54) is 7.11 Å². The van der Waals surface area contributed by atoms with Gasteiger partial charge in [0.05, 0.1) is 38.4 Å². The van der Waals surface area contributed by atoms with Crippen molar-refractivity contribution in [2.24, 2.45) is 0 Å². The third-order valence-electron chi connectivity index (χ3n) is 7.54. The number of nitrogens with one attached hydrogen (secondary N) is 1. The summed E-state index contributed by atoms with van der Waals surface area (Å²) in [5.74, 6) is 0.897. The SMILES string of the molecule is COc1ccc(C(c2ccc(OC)cc2)(c2ccc(OC)cc2)c2n[nH]cc2-c2ccc(C(OC)C(=O)[O-])cc2)cc1.[K+]. The van der Waals surface area contributed by atoms with Gasteiger partial charge in [-0.15, -0.1) is 0 Å². The number of aromatic nitrogens is 2. The molecule has 5 aromatic rings. The van der Waals surface area contributed by atoms with Crippen molar-refractivity contribution in [3.63, 3.8) is 0 Å². The average molecular weight is 603 g/mol. The van der Waals surface area contributed by atoms with Crippen LogP contribution in [0.4, 0.5) is 0 Å². The molecule has 8 nitrogen and oxygen atoms in total. The summed E-state index contributed by atoms with van der Waals surface area (Å²) >= 11 is 0. The molecule has 9 heteroatoms. The first kappa shape index (κ1) is 32.5. The van der Waals surface area contributed by atoms with Gasteiger partial charge in [0.25, 0.3) is 0 Å². The van der Waals surface area contributed by atoms with E-state index in [2.05, 4.69) is 5.10 Å². The Morgan fingerprint density at radius 3 is 1.47 bits per heavy atom. The Kier molecular flexibility index (Phi) is 10.8. The molecule has 0 aliphatic heterocycles. The van der Waals surface area contributed by atoms with Gasteiger partial charge in [-0.2, -0.15) is 5.10 Å². The van der Waals surface area contributed by atoms with Gasteiger partial charge >= 0.3 is 51.4 Å². The normalized spacial score (nSPS) is 11.7. The van der Waals surface area contributed by atoms with Gasteiger partial charge in [0.2, 0.25) is 0 Å². The Labute approximate surface area is 293 Å². The molecule has 0 aliphatic rings. The Morgan fingerprint density at radius 2 is 1.12 bits per heavy atom. The van der Waals surface area contributed by atoms with Crippen LogP contribution in [0.25, 0.3) is 11.1 Å². The maximum atomic E-state index is 11.6. The predicted molar refractivity (Wildman–Crippen MR) is 157 cm³/mol. The summed E-state index contributed by atoms with van der Waals surface area (Å²) in [7, 11) is 6.26. The fourth-order valence-electron chi connectivity index (χ4n) is 5.43. The molecule has 1 N–H and O–H groups in total. The number of H-pyrrole nitrogens is 1. The molecular formula is C34H31KN2O6. The minimum Gasteiger partial charge on any atom is -0.547 e. The summed E-state index contributed by atoms with van der Waals surface area (Å²) in [6.45, 7) is 0. The fourth-order valence-corrected chi connectivity index (χ4v) is 5.43. The van der Waals surface area contributed by atoms with E-state index in [-0.39, 0.29) is 51.4 Å². The number of ether oxygens (including phenoxy) is 4. The Morgan fingerprint density at radius 1 is 0.698 bits per heavy atom. The minimum atomic E-state index is -1.30. The molecule has 0 aliphatic carbocycles. The molecule has 0 radical (unpaired) electrons. The number of aromatic amines is 1. The zero-order valence-electron chi connectivity index (χ0n) is 24.8. The van der Waals surface area contributed by atoms with E-state index in [1.54, 1.807) is 33.5 Å². The zero-order chi connectivity index (χ0) is 29.7. The van der Waals surface area contributed by atoms with Crippen molar-refractivity contribution in [1.82, 2.24) is 10.2 Å². The van der Waals surface area contributed by atoms with Crippen molar-refractivity contribution < 1.29 is 80.2 Å². The molecule has 0 spiro atoms. The molecule has 4 aromatic carbocycles. The van der Waals surface area contributed by atoms with Crippen LogP contribution in [0.3, 0.4) is 0 Å². The fraction of sp³-hybridized carbons (Fsp3) is 0.176. The van der Waals surface area contributed by atoms with Crippen molar-refractivity contribution in [3.8, 4) is 28.4 Å². The topological polar surface area (TPSA) is 106 Å². The summed E-state index contributed by atoms with van der Waals surface area (Å²) in [5.41, 5.74) is 4.90. The van der Waals surface area contributed by atoms with Crippen molar-refractivity contribution in [1.29, 1.82) is 0 Å². The van der Waals surface area contributed by atoms with E-state index < -0.39 is 17.5 Å². The van der Waals surface area contributed by atoms with Crippen LogP contribution in [-0.4, -0.2) is 44.6 Å². The number of hydrogen-bond acceptors (Lipinski definition) is 7. The molecule has 1 heterocycles. The second-order valence-electron chi connectivity index (χ2n) is 9.64. The maximum absolute atomic E-state index is 11.6. The summed E-state index contributed by atoms with van der Waals surface area (Å²) in [6.07, 6.45) is 0.683. The van der Waals surface area contributed by atoms with Gasteiger partial charge in [-0.05, 0) is 64.2 Å². The van der Waals surface area contributed by atoms with Crippen LogP contribution >= 0.6 is 0 Å². The number of carbonyl (C=O) groups excluding carboxylic acids is 1. The monoisotopic (exact) mass is 602 g/mol. The summed E-state index contributed by atoms with van der Waals surface area (Å²) in [5, 5.41) is 19.5. The summed E-state index contributed by atoms with van der Waals surface area (Å²) in [4.78, 5) is 11.6. The number of rotatable bonds is 11. The third-order valence-corrected chi connectivity index (χ3v) is 7.54. The molecule has 0 saturated carbocycles. The van der Waals surface area contributed by atoms with Crippen molar-refractivity contribution in [2.75, 3.05) is 28.4 Å². The molecule has 43 heavy (non-hydrogen) atoms. The molecule has 0 fully saturated rings. The molecule has 214 valence electrons. The number of nitrogens with zero attached hydrogens (tertiary/aromatic N) is 1. The predicted octanol–water partition coefficient (Wildman–Crippen LogP) is 1.93. The molecule has 0 amide bonds. The van der Waals surface area contributed by atoms with Gasteiger partial charge < -0.3 is 28.8 Å². The van der Waals surface area contributed by atoms with E-state index in [9.17, 15) is 9.90 Å². The van der Waals surface area contributed by atoms with E-state index >= 15 is 0 Å². The number of carboxylic acids is 1. The van der Waals surface area contributed by atoms with Crippen LogP contribution in [0.1, 0.15) is 34.1 Å². The Bertz CT molecular complexity index is 1520. The first-order chi connectivity index (χ1) is 20.5. The largest absolute Gasteiger partial charge is 1.00 e. The molecule has 1 unspecified atom stereocenters. The van der Waals surface area contributed by atoms with Gasteiger partial charge in [-0.25, -0.2) is 0 Å². The van der Waals surface area contributed by atoms with Crippen LogP contribution in [0, 0.1) is 0 Å². The van der Waals surface area contributed by atoms with Gasteiger partial charge in [0.15, 0.2) is 0 Å². The van der Waals surface area contributed by atoms with Crippen LogP contribution in [0.2, 0.25) is 0 Å². The smallest absolute Gasteiger partial charge is 0.547 e. The number of aliphatic carboxylic acids is 1. The molecule has 5 rings (SSSR count). The van der Waals surface area contributed by atoms with E-state index in [1.807, 2.05) is 91.1 Å². The second-order valence-corrected chi connectivity index (χ2v) is 9.64. The van der Waals surface area contributed by atoms with E-state index in [0.29, 0.717) is 5.56 Å². The van der Waals surface area contributed by atoms with Crippen molar-refractivity contribution >= 4 is 5.97 Å². The van der Waals surface area contributed by atoms with Crippen LogP contribution in [-0.2, 0) is 14.9 Å². The number of hydrogen-bond donors (Lipinski definition) is 1. The van der Waals surface area contributed by atoms with Crippen LogP contribution in [0.15, 0.2) is 103 Å². The molecule has 1 aromatic heterocycles. The van der Waals surface area contributed by atoms with Crippen molar-refractivity contribution in [2.45, 2.75) is 11.5 Å². The van der Waals surface area contributed by atoms with Gasteiger partial charge in [0.1, 0.15) is 23.4 Å². The molecular weight excluding hydrogens is 571 g/mol. The average Bonchev–Trinajstić information content (AvgIpc) is 3.53. The Hall–Kier alpha value is -3.44. The van der Waals surface area contributed by atoms with Gasteiger partial charge in [0, 0.05) is 18.9 Å². The van der Waals surface area contributed by atoms with Crippen LogP contribution < -0.4 is 70.7 Å². The third kappa shape index (κ3) is 6.28. The Balaban J connectivity index is 0.00000423. The molecule has 1 atom stereocenters. The quantitative estimate of drug-likeness (QED) is 0.182. The standard InChI is InChI=1S/C34H32N2O6.K/c1-39-27-15-9-24(10-16-27)34(25-11-17-28(40-2)18-12-25,26-13-19-29(41-3)20-14-26)32-30(21-35-36-32)22-5-7-23(8-6-22)31(42-4)33(37)38;/h5-21,31H,1-4H3,(H,35,36)(H,37,38);/q;+1/p-1. The van der Waals surface area contributed by atoms with Crippen LogP contribution in [0.5, 0.6) is 17.2 Å². The molecule has 0 bridgehead atoms. The number of benzene rings is 4. The number of carbonyl (C=O) groups is 1. The minimum absolute atomic E-state index is 0. The molecule has 0 saturated heterocycles. The number of carboxylic acid groups (broad SMARTS) is 1. The first-order valence-corrected chi connectivity index (χ1v) is 13.3. The maximum Gasteiger partial charge on any atom is 1.00 e. The first-order valence-electron chi connectivity index (χ1n) is 13.3. The van der Waals surface area contributed by atoms with Gasteiger partial charge in [-0.3, -0.25) is 5.10 Å². The number of methoxy groups -OCH3 is 4. The second kappa shape index (κ2) is 14.4. The van der Waals surface area contributed by atoms with Crippen molar-refractivity contribution in [3.05, 3.63) is 131 Å². The zero-order valence-corrected chi connectivity index (χ0v) is 27.9. The van der Waals surface area contributed by atoms with Gasteiger partial charge in [-0.1, -0.05) is 60.7 Å². The van der Waals surface area contributed by atoms with E-state index in [0.717, 1.165) is 50.8 Å². The summed E-state index contributed by atoms with van der Waals surface area (Å²) < 4.78 is 21.6. The van der Waals surface area contributed by atoms with E-state index in [4.69, 9.17) is 24.0 Å².